The second kappa shape index (κ2) is 5.59. The first-order valence-corrected chi connectivity index (χ1v) is 5.87. The Morgan fingerprint density at radius 3 is 2.65 bits per heavy atom. The van der Waals surface area contributed by atoms with Crippen LogP contribution in [0.3, 0.4) is 0 Å². The maximum atomic E-state index is 11.3. The molecule has 1 fully saturated rings. The monoisotopic (exact) mass is 232 g/mol. The van der Waals surface area contributed by atoms with Crippen molar-refractivity contribution in [2.75, 3.05) is 6.54 Å². The lowest BCUT2D eigenvalue weighted by Crippen LogP contribution is -2.36. The molecular weight excluding hydrogens is 216 g/mol. The van der Waals surface area contributed by atoms with Crippen LogP contribution in [0.5, 0.6) is 0 Å². The van der Waals surface area contributed by atoms with E-state index in [0.717, 1.165) is 19.4 Å². The highest BCUT2D eigenvalue weighted by Crippen LogP contribution is 2.04. The van der Waals surface area contributed by atoms with Gasteiger partial charge in [0.15, 0.2) is 0 Å². The first-order chi connectivity index (χ1) is 8.25. The molecule has 0 bridgehead atoms. The van der Waals surface area contributed by atoms with Crippen molar-refractivity contribution in [3.63, 3.8) is 0 Å². The Kier molecular flexibility index (Phi) is 3.88. The summed E-state index contributed by atoms with van der Waals surface area (Å²) in [5.74, 6) is -0.384. The zero-order valence-corrected chi connectivity index (χ0v) is 9.61. The fourth-order valence-corrected chi connectivity index (χ4v) is 1.93. The van der Waals surface area contributed by atoms with Crippen molar-refractivity contribution in [2.45, 2.75) is 25.3 Å². The maximum Gasteiger partial charge on any atom is 0.244 e. The summed E-state index contributed by atoms with van der Waals surface area (Å²) < 4.78 is 0. The highest BCUT2D eigenvalue weighted by Gasteiger charge is 2.29. The van der Waals surface area contributed by atoms with Crippen LogP contribution in [-0.2, 0) is 16.0 Å². The average molecular weight is 232 g/mol. The van der Waals surface area contributed by atoms with E-state index in [-0.39, 0.29) is 24.3 Å². The van der Waals surface area contributed by atoms with Gasteiger partial charge in [-0.2, -0.15) is 0 Å². The molecular formula is C13H16N2O2. The summed E-state index contributed by atoms with van der Waals surface area (Å²) in [6, 6.07) is 9.88. The van der Waals surface area contributed by atoms with E-state index in [9.17, 15) is 9.59 Å². The van der Waals surface area contributed by atoms with E-state index in [4.69, 9.17) is 0 Å². The van der Waals surface area contributed by atoms with Crippen LogP contribution in [0.25, 0.3) is 0 Å². The molecule has 1 aromatic carbocycles. The lowest BCUT2D eigenvalue weighted by molar-refractivity contribution is -0.125. The number of benzene rings is 1. The van der Waals surface area contributed by atoms with E-state index < -0.39 is 0 Å². The largest absolute Gasteiger partial charge is 0.305 e. The van der Waals surface area contributed by atoms with Gasteiger partial charge in [0.05, 0.1) is 12.5 Å². The number of carbonyl (C=O) groups excluding carboxylic acids is 2. The van der Waals surface area contributed by atoms with Gasteiger partial charge >= 0.3 is 0 Å². The van der Waals surface area contributed by atoms with Gasteiger partial charge in [0.25, 0.3) is 0 Å². The highest BCUT2D eigenvalue weighted by atomic mass is 16.2. The van der Waals surface area contributed by atoms with Crippen molar-refractivity contribution in [1.82, 2.24) is 10.6 Å². The number of hydrogen-bond acceptors (Lipinski definition) is 3. The molecule has 0 saturated carbocycles. The van der Waals surface area contributed by atoms with E-state index in [2.05, 4.69) is 22.8 Å². The molecule has 1 aromatic rings. The molecule has 2 rings (SSSR count). The van der Waals surface area contributed by atoms with Crippen LogP contribution in [0.2, 0.25) is 0 Å². The molecule has 1 aliphatic heterocycles. The summed E-state index contributed by atoms with van der Waals surface area (Å²) in [6.45, 7) is 0.750. The Morgan fingerprint density at radius 1 is 1.24 bits per heavy atom. The minimum Gasteiger partial charge on any atom is -0.305 e. The second-order valence-electron chi connectivity index (χ2n) is 4.21. The van der Waals surface area contributed by atoms with Gasteiger partial charge in [-0.15, -0.1) is 0 Å². The Labute approximate surface area is 100 Å². The molecule has 4 nitrogen and oxygen atoms in total. The normalized spacial score (nSPS) is 19.4. The Morgan fingerprint density at radius 2 is 2.00 bits per heavy atom. The van der Waals surface area contributed by atoms with E-state index in [1.54, 1.807) is 0 Å². The third-order valence-corrected chi connectivity index (χ3v) is 2.84. The topological polar surface area (TPSA) is 58.2 Å². The summed E-state index contributed by atoms with van der Waals surface area (Å²) in [5.41, 5.74) is 1.29. The molecule has 1 atom stereocenters. The SMILES string of the molecule is O=C1CC(NCCCc2ccccc2)C(=O)N1. The molecule has 17 heavy (non-hydrogen) atoms. The molecule has 0 aromatic heterocycles. The van der Waals surface area contributed by atoms with Gasteiger partial charge in [0.2, 0.25) is 11.8 Å². The molecule has 1 heterocycles. The first-order valence-electron chi connectivity index (χ1n) is 5.87. The fraction of sp³-hybridized carbons (Fsp3) is 0.385. The van der Waals surface area contributed by atoms with Gasteiger partial charge in [-0.1, -0.05) is 30.3 Å². The predicted octanol–water partition coefficient (Wildman–Crippen LogP) is 0.624. The van der Waals surface area contributed by atoms with Gasteiger partial charge in [-0.25, -0.2) is 0 Å². The molecule has 4 heteroatoms. The summed E-state index contributed by atoms with van der Waals surface area (Å²) in [6.07, 6.45) is 2.21. The van der Waals surface area contributed by atoms with Crippen LogP contribution in [-0.4, -0.2) is 24.4 Å². The molecule has 2 amide bonds. The molecule has 1 unspecified atom stereocenters. The number of amides is 2. The minimum atomic E-state index is -0.335. The smallest absolute Gasteiger partial charge is 0.244 e. The number of hydrogen-bond donors (Lipinski definition) is 2. The van der Waals surface area contributed by atoms with E-state index in [1.165, 1.54) is 5.56 Å². The van der Waals surface area contributed by atoms with E-state index >= 15 is 0 Å². The Balaban J connectivity index is 1.67. The third kappa shape index (κ3) is 3.39. The summed E-state index contributed by atoms with van der Waals surface area (Å²) in [7, 11) is 0. The zero-order chi connectivity index (χ0) is 12.1. The molecule has 1 saturated heterocycles. The van der Waals surface area contributed by atoms with Crippen molar-refractivity contribution in [3.05, 3.63) is 35.9 Å². The summed E-state index contributed by atoms with van der Waals surface area (Å²) in [4.78, 5) is 22.2. The number of imide groups is 1. The van der Waals surface area contributed by atoms with Crippen molar-refractivity contribution in [3.8, 4) is 0 Å². The maximum absolute atomic E-state index is 11.3. The van der Waals surface area contributed by atoms with Crippen LogP contribution in [0.1, 0.15) is 18.4 Å². The van der Waals surface area contributed by atoms with Crippen LogP contribution < -0.4 is 10.6 Å². The van der Waals surface area contributed by atoms with E-state index in [0.29, 0.717) is 0 Å². The average Bonchev–Trinajstić information content (AvgIpc) is 2.65. The van der Waals surface area contributed by atoms with Crippen LogP contribution in [0, 0.1) is 0 Å². The zero-order valence-electron chi connectivity index (χ0n) is 9.61. The van der Waals surface area contributed by atoms with Gasteiger partial charge in [-0.05, 0) is 24.9 Å². The molecule has 1 aliphatic rings. The predicted molar refractivity (Wildman–Crippen MR) is 64.3 cm³/mol. The van der Waals surface area contributed by atoms with Crippen LogP contribution in [0.4, 0.5) is 0 Å². The number of nitrogens with one attached hydrogen (secondary N) is 2. The molecule has 0 spiro atoms. The van der Waals surface area contributed by atoms with E-state index in [1.807, 2.05) is 18.2 Å². The lowest BCUT2D eigenvalue weighted by atomic mass is 10.1. The van der Waals surface area contributed by atoms with Gasteiger partial charge < -0.3 is 5.32 Å². The summed E-state index contributed by atoms with van der Waals surface area (Å²) >= 11 is 0. The number of carbonyl (C=O) groups is 2. The van der Waals surface area contributed by atoms with Crippen molar-refractivity contribution in [2.24, 2.45) is 0 Å². The highest BCUT2D eigenvalue weighted by molar-refractivity contribution is 6.05. The minimum absolute atomic E-state index is 0.185. The lowest BCUT2D eigenvalue weighted by Gasteiger charge is -2.08. The fourth-order valence-electron chi connectivity index (χ4n) is 1.93. The van der Waals surface area contributed by atoms with Crippen LogP contribution in [0.15, 0.2) is 30.3 Å². The van der Waals surface area contributed by atoms with Gasteiger partial charge in [-0.3, -0.25) is 14.9 Å². The quantitative estimate of drug-likeness (QED) is 0.578. The van der Waals surface area contributed by atoms with Crippen molar-refractivity contribution < 1.29 is 9.59 Å². The van der Waals surface area contributed by atoms with Gasteiger partial charge in [0, 0.05) is 0 Å². The van der Waals surface area contributed by atoms with Gasteiger partial charge in [0.1, 0.15) is 0 Å². The molecule has 0 aliphatic carbocycles. The first kappa shape index (κ1) is 11.8. The van der Waals surface area contributed by atoms with Crippen molar-refractivity contribution in [1.29, 1.82) is 0 Å². The standard InChI is InChI=1S/C13H16N2O2/c16-12-9-11(13(17)15-12)14-8-4-7-10-5-2-1-3-6-10/h1-3,5-6,11,14H,4,7-9H2,(H,15,16,17). The molecule has 2 N–H and O–H groups in total. The summed E-state index contributed by atoms with van der Waals surface area (Å²) in [5, 5.41) is 5.38. The number of rotatable bonds is 5. The van der Waals surface area contributed by atoms with Crippen LogP contribution >= 0.6 is 0 Å². The third-order valence-electron chi connectivity index (χ3n) is 2.84. The Bertz CT molecular complexity index is 403. The second-order valence-corrected chi connectivity index (χ2v) is 4.21. The Hall–Kier alpha value is -1.68. The molecule has 90 valence electrons. The number of aryl methyl sites for hydroxylation is 1. The van der Waals surface area contributed by atoms with Crippen molar-refractivity contribution >= 4 is 11.8 Å². The molecule has 0 radical (unpaired) electrons.